The Morgan fingerprint density at radius 3 is 2.82 bits per heavy atom. The number of hydrogen-bond acceptors (Lipinski definition) is 1. The number of ketones is 1. The van der Waals surface area contributed by atoms with E-state index in [2.05, 4.69) is 15.9 Å². The van der Waals surface area contributed by atoms with Gasteiger partial charge in [-0.05, 0) is 6.42 Å². The van der Waals surface area contributed by atoms with E-state index in [1.165, 1.54) is 0 Å². The van der Waals surface area contributed by atoms with Crippen molar-refractivity contribution >= 4 is 21.7 Å². The van der Waals surface area contributed by atoms with E-state index in [0.717, 1.165) is 6.42 Å². The van der Waals surface area contributed by atoms with Crippen molar-refractivity contribution in [2.45, 2.75) is 24.1 Å². The van der Waals surface area contributed by atoms with Crippen molar-refractivity contribution in [1.29, 1.82) is 0 Å². The van der Waals surface area contributed by atoms with Crippen LogP contribution in [-0.4, -0.2) is 10.1 Å². The van der Waals surface area contributed by atoms with Gasteiger partial charge in [0.1, 0.15) is 4.32 Å². The molecular weight excluding hydrogens is 204 g/mol. The highest BCUT2D eigenvalue weighted by Crippen LogP contribution is 2.29. The first-order valence-corrected chi connectivity index (χ1v) is 4.55. The number of allylic oxidation sites excluding steroid dienone is 4. The molecule has 0 amide bonds. The van der Waals surface area contributed by atoms with Crippen LogP contribution >= 0.6 is 15.9 Å². The fourth-order valence-electron chi connectivity index (χ4n) is 1.09. The van der Waals surface area contributed by atoms with Gasteiger partial charge in [0.15, 0.2) is 5.78 Å². The largest absolute Gasteiger partial charge is 0.298 e. The molecule has 2 heteroatoms. The highest BCUT2D eigenvalue weighted by atomic mass is 79.9. The molecule has 0 spiro atoms. The summed E-state index contributed by atoms with van der Waals surface area (Å²) >= 11 is 3.43. The minimum atomic E-state index is -0.406. The summed E-state index contributed by atoms with van der Waals surface area (Å²) < 4.78 is -0.406. The molecule has 1 aliphatic rings. The van der Waals surface area contributed by atoms with Crippen LogP contribution in [0.15, 0.2) is 24.3 Å². The van der Waals surface area contributed by atoms with Crippen LogP contribution < -0.4 is 0 Å². The maximum atomic E-state index is 11.4. The second-order valence-corrected chi connectivity index (χ2v) is 4.05. The van der Waals surface area contributed by atoms with Crippen LogP contribution in [0.2, 0.25) is 0 Å². The second kappa shape index (κ2) is 3.35. The molecule has 0 fully saturated rings. The molecule has 0 N–H and O–H groups in total. The smallest absolute Gasteiger partial charge is 0.153 e. The second-order valence-electron chi connectivity index (χ2n) is 2.63. The average Bonchev–Trinajstić information content (AvgIpc) is 2.04. The van der Waals surface area contributed by atoms with Crippen LogP contribution in [-0.2, 0) is 4.79 Å². The van der Waals surface area contributed by atoms with Gasteiger partial charge in [-0.1, -0.05) is 47.2 Å². The fourth-order valence-corrected chi connectivity index (χ4v) is 1.71. The average molecular weight is 215 g/mol. The Bertz CT molecular complexity index is 218. The predicted octanol–water partition coefficient (Wildman–Crippen LogP) is 2.62. The van der Waals surface area contributed by atoms with Gasteiger partial charge in [0.05, 0.1) is 0 Å². The minimum absolute atomic E-state index is 0.248. The van der Waals surface area contributed by atoms with Crippen LogP contribution in [0.25, 0.3) is 0 Å². The number of alkyl halides is 1. The zero-order valence-electron chi connectivity index (χ0n) is 6.51. The maximum absolute atomic E-state index is 11.4. The molecule has 0 aromatic rings. The molecular formula is C9H11BrO. The van der Waals surface area contributed by atoms with E-state index in [0.29, 0.717) is 6.42 Å². The van der Waals surface area contributed by atoms with Crippen LogP contribution in [0.3, 0.4) is 0 Å². The lowest BCUT2D eigenvalue weighted by molar-refractivity contribution is -0.119. The first-order valence-electron chi connectivity index (χ1n) is 3.75. The van der Waals surface area contributed by atoms with Crippen molar-refractivity contribution in [2.75, 3.05) is 0 Å². The number of Topliss-reactive ketones (excluding diaryl/α,β-unsaturated/α-hetero) is 1. The first-order chi connectivity index (χ1) is 5.19. The third kappa shape index (κ3) is 1.80. The first kappa shape index (κ1) is 8.72. The zero-order chi connectivity index (χ0) is 8.32. The number of hydrogen-bond donors (Lipinski definition) is 0. The summed E-state index contributed by atoms with van der Waals surface area (Å²) in [7, 11) is 0. The SMILES string of the molecule is CCC(=O)[C@@]1(Br)C=CC=CC1. The molecule has 0 unspecified atom stereocenters. The molecule has 11 heavy (non-hydrogen) atoms. The molecule has 0 aromatic heterocycles. The summed E-state index contributed by atoms with van der Waals surface area (Å²) in [5, 5.41) is 0. The molecule has 0 radical (unpaired) electrons. The van der Waals surface area contributed by atoms with Crippen molar-refractivity contribution in [2.24, 2.45) is 0 Å². The molecule has 0 heterocycles. The van der Waals surface area contributed by atoms with Crippen LogP contribution in [0.4, 0.5) is 0 Å². The Labute approximate surface area is 75.3 Å². The third-order valence-corrected chi connectivity index (χ3v) is 2.84. The van der Waals surface area contributed by atoms with E-state index in [-0.39, 0.29) is 5.78 Å². The molecule has 1 nitrogen and oxygen atoms in total. The van der Waals surface area contributed by atoms with Crippen LogP contribution in [0.1, 0.15) is 19.8 Å². The lowest BCUT2D eigenvalue weighted by Gasteiger charge is -2.21. The lowest BCUT2D eigenvalue weighted by Crippen LogP contribution is -2.29. The zero-order valence-corrected chi connectivity index (χ0v) is 8.10. The Kier molecular flexibility index (Phi) is 2.66. The molecule has 0 bridgehead atoms. The van der Waals surface area contributed by atoms with Crippen molar-refractivity contribution in [1.82, 2.24) is 0 Å². The van der Waals surface area contributed by atoms with Gasteiger partial charge >= 0.3 is 0 Å². The Morgan fingerprint density at radius 1 is 1.64 bits per heavy atom. The number of halogens is 1. The van der Waals surface area contributed by atoms with Crippen molar-refractivity contribution in [3.8, 4) is 0 Å². The minimum Gasteiger partial charge on any atom is -0.298 e. The van der Waals surface area contributed by atoms with Gasteiger partial charge in [0, 0.05) is 6.42 Å². The molecule has 60 valence electrons. The van der Waals surface area contributed by atoms with E-state index >= 15 is 0 Å². The number of carbonyl (C=O) groups is 1. The summed E-state index contributed by atoms with van der Waals surface area (Å²) in [6.07, 6.45) is 9.15. The number of rotatable bonds is 2. The predicted molar refractivity (Wildman–Crippen MR) is 49.9 cm³/mol. The van der Waals surface area contributed by atoms with Crippen molar-refractivity contribution in [3.05, 3.63) is 24.3 Å². The summed E-state index contributed by atoms with van der Waals surface area (Å²) in [5.41, 5.74) is 0. The van der Waals surface area contributed by atoms with E-state index in [1.54, 1.807) is 0 Å². The molecule has 0 aliphatic heterocycles. The summed E-state index contributed by atoms with van der Waals surface area (Å²) in [4.78, 5) is 11.4. The molecule has 1 rings (SSSR count). The Morgan fingerprint density at radius 2 is 2.36 bits per heavy atom. The fraction of sp³-hybridized carbons (Fsp3) is 0.444. The highest BCUT2D eigenvalue weighted by molar-refractivity contribution is 9.10. The van der Waals surface area contributed by atoms with Gasteiger partial charge in [0.25, 0.3) is 0 Å². The van der Waals surface area contributed by atoms with E-state index in [1.807, 2.05) is 31.2 Å². The van der Waals surface area contributed by atoms with Crippen molar-refractivity contribution in [3.63, 3.8) is 0 Å². The van der Waals surface area contributed by atoms with Crippen LogP contribution in [0.5, 0.6) is 0 Å². The van der Waals surface area contributed by atoms with Crippen LogP contribution in [0, 0.1) is 0 Å². The molecule has 1 aliphatic carbocycles. The normalized spacial score (nSPS) is 28.9. The maximum Gasteiger partial charge on any atom is 0.153 e. The molecule has 0 aromatic carbocycles. The van der Waals surface area contributed by atoms with Gasteiger partial charge in [-0.25, -0.2) is 0 Å². The molecule has 0 saturated carbocycles. The Hall–Kier alpha value is -0.370. The van der Waals surface area contributed by atoms with Gasteiger partial charge in [-0.2, -0.15) is 0 Å². The number of carbonyl (C=O) groups excluding carboxylic acids is 1. The lowest BCUT2D eigenvalue weighted by atomic mass is 9.94. The molecule has 0 saturated heterocycles. The van der Waals surface area contributed by atoms with E-state index < -0.39 is 4.32 Å². The van der Waals surface area contributed by atoms with Gasteiger partial charge in [-0.15, -0.1) is 0 Å². The summed E-state index contributed by atoms with van der Waals surface area (Å²) in [6.45, 7) is 1.89. The quantitative estimate of drug-likeness (QED) is 0.647. The van der Waals surface area contributed by atoms with Gasteiger partial charge in [0.2, 0.25) is 0 Å². The van der Waals surface area contributed by atoms with Gasteiger partial charge in [-0.3, -0.25) is 4.79 Å². The van der Waals surface area contributed by atoms with Crippen molar-refractivity contribution < 1.29 is 4.79 Å². The summed E-state index contributed by atoms with van der Waals surface area (Å²) in [5.74, 6) is 0.248. The van der Waals surface area contributed by atoms with E-state index in [4.69, 9.17) is 0 Å². The highest BCUT2D eigenvalue weighted by Gasteiger charge is 2.30. The molecule has 1 atom stereocenters. The topological polar surface area (TPSA) is 17.1 Å². The van der Waals surface area contributed by atoms with Gasteiger partial charge < -0.3 is 0 Å². The Balaban J connectivity index is 2.75. The third-order valence-electron chi connectivity index (χ3n) is 1.81. The van der Waals surface area contributed by atoms with E-state index in [9.17, 15) is 4.79 Å². The monoisotopic (exact) mass is 214 g/mol. The standard InChI is InChI=1S/C9H11BrO/c1-2-8(11)9(10)6-4-3-5-7-9/h3-6H,2,7H2,1H3/t9-/m1/s1. The summed E-state index contributed by atoms with van der Waals surface area (Å²) in [6, 6.07) is 0.